The summed E-state index contributed by atoms with van der Waals surface area (Å²) in [6.45, 7) is 28.3. The molecule has 5 heteroatoms. The molecule has 0 bridgehead atoms. The van der Waals surface area contributed by atoms with Crippen molar-refractivity contribution < 1.29 is 0 Å². The minimum Gasteiger partial charge on any atom is -0.311 e. The largest absolute Gasteiger partial charge is 0.311 e. The summed E-state index contributed by atoms with van der Waals surface area (Å²) in [6, 6.07) is 84.2. The highest BCUT2D eigenvalue weighted by atomic mass is 32.1. The van der Waals surface area contributed by atoms with Crippen LogP contribution in [0, 0.1) is 6.92 Å². The maximum Gasteiger partial charge on any atom is 0.252 e. The summed E-state index contributed by atoms with van der Waals surface area (Å²) in [6.07, 6.45) is 0. The molecule has 0 radical (unpaired) electrons. The van der Waals surface area contributed by atoms with Gasteiger partial charge in [0.05, 0.1) is 11.0 Å². The zero-order chi connectivity index (χ0) is 59.8. The third-order valence-electron chi connectivity index (χ3n) is 19.8. The van der Waals surface area contributed by atoms with Gasteiger partial charge in [0.2, 0.25) is 0 Å². The van der Waals surface area contributed by atoms with Crippen LogP contribution in [0.3, 0.4) is 0 Å². The van der Waals surface area contributed by atoms with Crippen molar-refractivity contribution in [2.45, 2.75) is 105 Å². The average Bonchev–Trinajstić information content (AvgIpc) is 0.940. The fraction of sp³-hybridized carbons (Fsp3) is 0.195. The van der Waals surface area contributed by atoms with Crippen molar-refractivity contribution in [3.8, 4) is 39.1 Å². The molecule has 0 N–H and O–H groups in total. The van der Waals surface area contributed by atoms with Crippen LogP contribution in [0.2, 0.25) is 0 Å². The van der Waals surface area contributed by atoms with Crippen molar-refractivity contribution in [3.63, 3.8) is 0 Å². The minimum atomic E-state index is -0.193. The highest BCUT2D eigenvalue weighted by Gasteiger charge is 2.46. The Kier molecular flexibility index (Phi) is 11.6. The summed E-state index contributed by atoms with van der Waals surface area (Å²) in [5.74, 6) is 0. The molecule has 424 valence electrons. The van der Waals surface area contributed by atoms with Gasteiger partial charge in [0.15, 0.2) is 0 Å². The number of para-hydroxylation sites is 1. The van der Waals surface area contributed by atoms with E-state index in [9.17, 15) is 0 Å². The van der Waals surface area contributed by atoms with Gasteiger partial charge in [-0.3, -0.25) is 0 Å². The number of hydrogen-bond donors (Lipinski definition) is 0. The Labute approximate surface area is 517 Å². The summed E-state index contributed by atoms with van der Waals surface area (Å²) in [5, 5.41) is 5.18. The number of rotatable bonds is 5. The van der Waals surface area contributed by atoms with Gasteiger partial charge in [-0.2, -0.15) is 0 Å². The molecule has 0 saturated heterocycles. The summed E-state index contributed by atoms with van der Waals surface area (Å²) < 4.78 is 5.15. The van der Waals surface area contributed by atoms with E-state index < -0.39 is 0 Å². The van der Waals surface area contributed by atoms with Crippen molar-refractivity contribution in [2.24, 2.45) is 0 Å². The van der Waals surface area contributed by atoms with Crippen molar-refractivity contribution >= 4 is 111 Å². The molecule has 87 heavy (non-hydrogen) atoms. The maximum atomic E-state index is 2.66. The molecule has 3 nitrogen and oxygen atoms in total. The lowest BCUT2D eigenvalue weighted by molar-refractivity contribution is 0.586. The molecule has 1 aliphatic carbocycles. The van der Waals surface area contributed by atoms with E-state index in [2.05, 4.69) is 316 Å². The first-order valence-electron chi connectivity index (χ1n) is 31.2. The number of aromatic nitrogens is 1. The number of fused-ring (bicyclic) bond motifs is 13. The van der Waals surface area contributed by atoms with Crippen molar-refractivity contribution in [2.75, 3.05) is 9.80 Å². The van der Waals surface area contributed by atoms with Crippen molar-refractivity contribution in [3.05, 3.63) is 252 Å². The van der Waals surface area contributed by atoms with Crippen LogP contribution >= 0.6 is 11.3 Å². The van der Waals surface area contributed by atoms with E-state index in [1.807, 2.05) is 11.3 Å². The highest BCUT2D eigenvalue weighted by Crippen LogP contribution is 2.53. The Bertz CT molecular complexity index is 5020. The van der Waals surface area contributed by atoms with E-state index in [4.69, 9.17) is 0 Å². The van der Waals surface area contributed by atoms with Crippen LogP contribution in [0.5, 0.6) is 0 Å². The van der Waals surface area contributed by atoms with Gasteiger partial charge in [0.25, 0.3) is 6.71 Å². The zero-order valence-corrected chi connectivity index (χ0v) is 52.9. The van der Waals surface area contributed by atoms with Gasteiger partial charge in [-0.05, 0) is 191 Å². The predicted octanol–water partition coefficient (Wildman–Crippen LogP) is 21.1. The molecule has 0 amide bonds. The fourth-order valence-corrected chi connectivity index (χ4v) is 16.5. The molecule has 0 unspecified atom stereocenters. The van der Waals surface area contributed by atoms with E-state index in [0.717, 1.165) is 17.1 Å². The first-order chi connectivity index (χ1) is 41.7. The van der Waals surface area contributed by atoms with Crippen LogP contribution < -0.4 is 26.2 Å². The van der Waals surface area contributed by atoms with Gasteiger partial charge in [0.1, 0.15) is 0 Å². The Morgan fingerprint density at radius 3 is 1.76 bits per heavy atom. The minimum absolute atomic E-state index is 0.0377. The lowest BCUT2D eigenvalue weighted by Gasteiger charge is -2.46. The Morgan fingerprint density at radius 2 is 1.01 bits per heavy atom. The van der Waals surface area contributed by atoms with Crippen LogP contribution in [0.15, 0.2) is 218 Å². The van der Waals surface area contributed by atoms with Crippen LogP contribution in [0.25, 0.3) is 81.0 Å². The lowest BCUT2D eigenvalue weighted by Crippen LogP contribution is -2.61. The van der Waals surface area contributed by atoms with Gasteiger partial charge in [-0.1, -0.05) is 210 Å². The molecule has 0 saturated carbocycles. The standard InChI is InChI=1S/C82H72BN3S/c1-49-66(81(8,9)10)47-73-77-78(49)86(57-36-29-50(30-37-57)52-33-40-65-61(43-52)59-23-16-18-26-64(59)82(65,11)12)71-45-54(80(5,6)7)34-41-67(71)83(77)68-46-63-62-44-53(79(2,3)4)35-42-69(62)84(55-21-14-13-15-22-55)70(63)48-72(68)85(73)56-38-31-51(32-39-56)58-25-20-28-75-76(58)60-24-17-19-27-74(60)87-75/h13-48H,1-12H3. The first kappa shape index (κ1) is 53.6. The van der Waals surface area contributed by atoms with Crippen LogP contribution in [0.4, 0.5) is 34.1 Å². The van der Waals surface area contributed by atoms with Gasteiger partial charge >= 0.3 is 0 Å². The number of anilines is 6. The second-order valence-electron chi connectivity index (χ2n) is 28.6. The summed E-state index contributed by atoms with van der Waals surface area (Å²) >= 11 is 1.88. The van der Waals surface area contributed by atoms with Crippen LogP contribution in [-0.4, -0.2) is 11.3 Å². The second-order valence-corrected chi connectivity index (χ2v) is 29.7. The quantitative estimate of drug-likeness (QED) is 0.159. The molecule has 0 fully saturated rings. The Morgan fingerprint density at radius 1 is 0.402 bits per heavy atom. The van der Waals surface area contributed by atoms with Crippen LogP contribution in [-0.2, 0) is 21.7 Å². The Balaban J connectivity index is 0.968. The number of benzene rings is 11. The van der Waals surface area contributed by atoms with E-state index in [0.29, 0.717) is 0 Å². The number of thiophene rings is 1. The van der Waals surface area contributed by atoms with Gasteiger partial charge in [-0.15, -0.1) is 11.3 Å². The molecule has 11 aromatic carbocycles. The van der Waals surface area contributed by atoms with E-state index in [1.54, 1.807) is 0 Å². The maximum absolute atomic E-state index is 2.66. The molecule has 2 aliphatic heterocycles. The molecule has 3 aliphatic rings. The molecular weight excluding hydrogens is 1070 g/mol. The fourth-order valence-electron chi connectivity index (χ4n) is 15.4. The normalized spacial score (nSPS) is 14.2. The van der Waals surface area contributed by atoms with Gasteiger partial charge in [0, 0.05) is 76.2 Å². The predicted molar refractivity (Wildman–Crippen MR) is 377 cm³/mol. The molecule has 0 atom stereocenters. The average molecular weight is 1140 g/mol. The van der Waals surface area contributed by atoms with E-state index >= 15 is 0 Å². The van der Waals surface area contributed by atoms with Gasteiger partial charge < -0.3 is 14.4 Å². The van der Waals surface area contributed by atoms with Crippen LogP contribution in [0.1, 0.15) is 110 Å². The Hall–Kier alpha value is -8.90. The zero-order valence-electron chi connectivity index (χ0n) is 52.1. The number of nitrogens with zero attached hydrogens (tertiary/aromatic N) is 3. The monoisotopic (exact) mass is 1140 g/mol. The van der Waals surface area contributed by atoms with E-state index in [-0.39, 0.29) is 28.4 Å². The molecule has 2 aromatic heterocycles. The third kappa shape index (κ3) is 8.07. The first-order valence-corrected chi connectivity index (χ1v) is 32.0. The lowest BCUT2D eigenvalue weighted by atomic mass is 9.33. The SMILES string of the molecule is Cc1c(C(C)(C)C)cc2c3c1N(c1ccc(-c4ccc5c(c4)-c4ccccc4C5(C)C)cc1)c1cc(C(C)(C)C)ccc1B3c1cc3c4cc(C(C)(C)C)ccc4n(-c4ccccc4)c3cc1N2c1ccc(-c2cccc3sc4ccccc4c23)cc1. The summed E-state index contributed by atoms with van der Waals surface area (Å²) in [5.41, 5.74) is 30.1. The topological polar surface area (TPSA) is 11.4 Å². The smallest absolute Gasteiger partial charge is 0.252 e. The van der Waals surface area contributed by atoms with Crippen molar-refractivity contribution in [1.82, 2.24) is 4.57 Å². The van der Waals surface area contributed by atoms with Crippen molar-refractivity contribution in [1.29, 1.82) is 0 Å². The second kappa shape index (κ2) is 18.8. The molecule has 4 heterocycles. The van der Waals surface area contributed by atoms with E-state index in [1.165, 1.54) is 148 Å². The van der Waals surface area contributed by atoms with Gasteiger partial charge in [-0.25, -0.2) is 0 Å². The summed E-state index contributed by atoms with van der Waals surface area (Å²) in [4.78, 5) is 5.29. The third-order valence-corrected chi connectivity index (χ3v) is 20.9. The molecule has 0 spiro atoms. The summed E-state index contributed by atoms with van der Waals surface area (Å²) in [7, 11) is 0. The highest BCUT2D eigenvalue weighted by molar-refractivity contribution is 7.26. The molecular formula is C82H72BN3S. The molecule has 16 rings (SSSR count). The molecule has 13 aromatic rings. The number of hydrogen-bond acceptors (Lipinski definition) is 3.